The summed E-state index contributed by atoms with van der Waals surface area (Å²) in [6.45, 7) is -0.175. The molecule has 1 spiro atoms. The molecule has 7 heteroatoms. The number of benzene rings is 1. The van der Waals surface area contributed by atoms with Crippen molar-refractivity contribution in [2.45, 2.75) is 19.4 Å². The van der Waals surface area contributed by atoms with Crippen LogP contribution in [0.25, 0.3) is 0 Å². The van der Waals surface area contributed by atoms with Gasteiger partial charge in [-0.1, -0.05) is 12.2 Å². The zero-order valence-corrected chi connectivity index (χ0v) is 14.7. The van der Waals surface area contributed by atoms with Crippen LogP contribution in [0.2, 0.25) is 0 Å². The molecule has 2 bridgehead atoms. The van der Waals surface area contributed by atoms with Gasteiger partial charge in [-0.25, -0.2) is 8.78 Å². The van der Waals surface area contributed by atoms with Crippen molar-refractivity contribution in [3.8, 4) is 0 Å². The Kier molecular flexibility index (Phi) is 3.76. The molecular weight excluding hydrogens is 396 g/mol. The number of carbonyl (C=O) groups is 2. The quantitative estimate of drug-likeness (QED) is 0.590. The summed E-state index contributed by atoms with van der Waals surface area (Å²) in [6, 6.07) is 2.04. The number of hydrogen-bond acceptors (Lipinski definition) is 2. The predicted octanol–water partition coefficient (Wildman–Crippen LogP) is 3.26. The number of amides is 1. The van der Waals surface area contributed by atoms with Gasteiger partial charge in [0.15, 0.2) is 0 Å². The topological polar surface area (TPSA) is 66.4 Å². The number of carboxylic acids is 1. The van der Waals surface area contributed by atoms with Crippen LogP contribution in [0.3, 0.4) is 0 Å². The molecule has 4 atom stereocenters. The third kappa shape index (κ3) is 2.43. The first kappa shape index (κ1) is 16.7. The second kappa shape index (κ2) is 5.62. The van der Waals surface area contributed by atoms with Gasteiger partial charge in [0.2, 0.25) is 5.91 Å². The second-order valence-electron chi connectivity index (χ2n) is 7.13. The van der Waals surface area contributed by atoms with Crippen LogP contribution in [0.1, 0.15) is 18.4 Å². The number of nitrogens with one attached hydrogen (secondary N) is 1. The van der Waals surface area contributed by atoms with Crippen molar-refractivity contribution in [1.82, 2.24) is 5.32 Å². The van der Waals surface area contributed by atoms with Crippen LogP contribution in [0.5, 0.6) is 0 Å². The van der Waals surface area contributed by atoms with Gasteiger partial charge in [-0.05, 0) is 58.2 Å². The van der Waals surface area contributed by atoms with Crippen LogP contribution in [-0.4, -0.2) is 17.0 Å². The summed E-state index contributed by atoms with van der Waals surface area (Å²) in [7, 11) is 0. The summed E-state index contributed by atoms with van der Waals surface area (Å²) in [5.41, 5.74) is -0.0409. The summed E-state index contributed by atoms with van der Waals surface area (Å²) < 4.78 is 27.5. The van der Waals surface area contributed by atoms with Gasteiger partial charge in [-0.3, -0.25) is 9.59 Å². The molecule has 1 amide bonds. The van der Waals surface area contributed by atoms with E-state index in [1.54, 1.807) is 0 Å². The zero-order chi connectivity index (χ0) is 17.9. The lowest BCUT2D eigenvalue weighted by Crippen LogP contribution is -2.40. The minimum atomic E-state index is -0.968. The van der Waals surface area contributed by atoms with Crippen molar-refractivity contribution in [1.29, 1.82) is 0 Å². The fraction of sp³-hybridized carbons (Fsp3) is 0.444. The molecule has 1 aromatic rings. The van der Waals surface area contributed by atoms with Crippen LogP contribution in [-0.2, 0) is 16.1 Å². The number of allylic oxidation sites excluding steroid dienone is 2. The van der Waals surface area contributed by atoms with E-state index in [0.717, 1.165) is 25.0 Å². The first-order chi connectivity index (χ1) is 11.8. The van der Waals surface area contributed by atoms with E-state index in [9.17, 15) is 23.5 Å². The molecule has 0 aromatic heterocycles. The Hall–Kier alpha value is -1.76. The minimum Gasteiger partial charge on any atom is -0.481 e. The average Bonchev–Trinajstić information content (AvgIpc) is 3.22. The molecule has 3 aliphatic rings. The van der Waals surface area contributed by atoms with E-state index in [1.165, 1.54) is 0 Å². The highest BCUT2D eigenvalue weighted by Gasteiger charge is 2.70. The van der Waals surface area contributed by atoms with Crippen LogP contribution >= 0.6 is 15.9 Å². The van der Waals surface area contributed by atoms with Gasteiger partial charge in [-0.2, -0.15) is 0 Å². The van der Waals surface area contributed by atoms with Gasteiger partial charge < -0.3 is 10.4 Å². The maximum atomic E-state index is 13.9. The smallest absolute Gasteiger partial charge is 0.307 e. The Morgan fingerprint density at radius 3 is 2.40 bits per heavy atom. The van der Waals surface area contributed by atoms with Gasteiger partial charge in [0.05, 0.1) is 16.3 Å². The van der Waals surface area contributed by atoms with Crippen molar-refractivity contribution in [3.05, 3.63) is 46.0 Å². The molecule has 1 aromatic carbocycles. The molecular formula is C18H16BrF2NO3. The van der Waals surface area contributed by atoms with E-state index in [0.29, 0.717) is 0 Å². The second-order valence-corrected chi connectivity index (χ2v) is 7.99. The zero-order valence-electron chi connectivity index (χ0n) is 13.1. The number of aliphatic carboxylic acids is 1. The lowest BCUT2D eigenvalue weighted by Gasteiger charge is -2.23. The average molecular weight is 412 g/mol. The molecule has 0 saturated heterocycles. The van der Waals surface area contributed by atoms with Gasteiger partial charge in [-0.15, -0.1) is 0 Å². The summed E-state index contributed by atoms with van der Waals surface area (Å²) >= 11 is 2.90. The molecule has 4 nitrogen and oxygen atoms in total. The Morgan fingerprint density at radius 1 is 1.16 bits per heavy atom. The van der Waals surface area contributed by atoms with Crippen LogP contribution < -0.4 is 5.32 Å². The van der Waals surface area contributed by atoms with Crippen LogP contribution in [0, 0.1) is 40.7 Å². The number of halogens is 3. The normalized spacial score (nSPS) is 30.7. The Labute approximate surface area is 151 Å². The molecule has 0 heterocycles. The monoisotopic (exact) mass is 411 g/mol. The molecule has 3 aliphatic carbocycles. The highest BCUT2D eigenvalue weighted by atomic mass is 79.9. The summed E-state index contributed by atoms with van der Waals surface area (Å²) in [6.07, 6.45) is 5.77. The first-order valence-electron chi connectivity index (χ1n) is 8.17. The standard InChI is InChI=1S/C18H16BrF2NO3/c19-11-6-12(20)8(5-13(11)21)7-22-16(23)14-9-1-2-10(15(14)17(24)25)18(9)3-4-18/h1-2,5-6,9-10,14-15H,3-4,7H2,(H,22,23)(H,24,25)/t9-,10+,14+,15+/m0/s1. The Balaban J connectivity index is 1.52. The van der Waals surface area contributed by atoms with Crippen molar-refractivity contribution in [2.24, 2.45) is 29.1 Å². The molecule has 0 unspecified atom stereocenters. The van der Waals surface area contributed by atoms with Crippen molar-refractivity contribution < 1.29 is 23.5 Å². The van der Waals surface area contributed by atoms with Crippen LogP contribution in [0.4, 0.5) is 8.78 Å². The number of hydrogen-bond donors (Lipinski definition) is 2. The molecule has 25 heavy (non-hydrogen) atoms. The van der Waals surface area contributed by atoms with E-state index >= 15 is 0 Å². The fourth-order valence-electron chi connectivity index (χ4n) is 4.69. The minimum absolute atomic E-state index is 0.0138. The SMILES string of the molecule is O=C(O)[C@H]1[C@H](C(=O)NCc2cc(F)c(Br)cc2F)[C@@H]2C=C[C@H]1C21CC1. The van der Waals surface area contributed by atoms with E-state index in [-0.39, 0.29) is 33.8 Å². The highest BCUT2D eigenvalue weighted by Crippen LogP contribution is 2.72. The van der Waals surface area contributed by atoms with Gasteiger partial charge in [0.1, 0.15) is 11.6 Å². The molecule has 4 rings (SSSR count). The van der Waals surface area contributed by atoms with E-state index in [1.807, 2.05) is 12.2 Å². The summed E-state index contributed by atoms with van der Waals surface area (Å²) in [5.74, 6) is -4.20. The van der Waals surface area contributed by atoms with Crippen molar-refractivity contribution in [3.63, 3.8) is 0 Å². The maximum absolute atomic E-state index is 13.9. The molecule has 132 valence electrons. The Morgan fingerprint density at radius 2 is 1.80 bits per heavy atom. The van der Waals surface area contributed by atoms with E-state index in [4.69, 9.17) is 0 Å². The molecule has 0 aliphatic heterocycles. The fourth-order valence-corrected chi connectivity index (χ4v) is 5.01. The highest BCUT2D eigenvalue weighted by molar-refractivity contribution is 9.10. The van der Waals surface area contributed by atoms with Gasteiger partial charge in [0, 0.05) is 12.1 Å². The third-order valence-corrected chi connectivity index (χ3v) is 6.58. The maximum Gasteiger partial charge on any atom is 0.307 e. The Bertz CT molecular complexity index is 806. The molecule has 2 fully saturated rings. The lowest BCUT2D eigenvalue weighted by atomic mass is 9.82. The number of rotatable bonds is 4. The van der Waals surface area contributed by atoms with Crippen molar-refractivity contribution in [2.75, 3.05) is 0 Å². The van der Waals surface area contributed by atoms with Gasteiger partial charge in [0.25, 0.3) is 0 Å². The third-order valence-electron chi connectivity index (χ3n) is 5.97. The number of carboxylic acid groups (broad SMARTS) is 1. The van der Waals surface area contributed by atoms with Crippen molar-refractivity contribution >= 4 is 27.8 Å². The van der Waals surface area contributed by atoms with E-state index < -0.39 is 35.3 Å². The molecule has 2 saturated carbocycles. The first-order valence-corrected chi connectivity index (χ1v) is 8.97. The predicted molar refractivity (Wildman–Crippen MR) is 88.3 cm³/mol. The molecule has 2 N–H and O–H groups in total. The van der Waals surface area contributed by atoms with Gasteiger partial charge >= 0.3 is 5.97 Å². The molecule has 0 radical (unpaired) electrons. The van der Waals surface area contributed by atoms with Crippen LogP contribution in [0.15, 0.2) is 28.8 Å². The summed E-state index contributed by atoms with van der Waals surface area (Å²) in [5, 5.41) is 12.2. The number of carbonyl (C=O) groups excluding carboxylic acids is 1. The largest absolute Gasteiger partial charge is 0.481 e. The van der Waals surface area contributed by atoms with E-state index in [2.05, 4.69) is 21.2 Å². The lowest BCUT2D eigenvalue weighted by molar-refractivity contribution is -0.147. The summed E-state index contributed by atoms with van der Waals surface area (Å²) in [4.78, 5) is 24.4.